The quantitative estimate of drug-likeness (QED) is 0.493. The highest BCUT2D eigenvalue weighted by Crippen LogP contribution is 2.44. The molecule has 1 aromatic heterocycles. The van der Waals surface area contributed by atoms with Crippen molar-refractivity contribution in [2.45, 2.75) is 43.4 Å². The first kappa shape index (κ1) is 21.8. The maximum Gasteiger partial charge on any atom is 0.335 e. The number of benzene rings is 1. The number of hydrogen-bond donors (Lipinski definition) is 5. The molecule has 2 unspecified atom stereocenters. The fraction of sp³-hybridized carbons (Fsp3) is 0.476. The lowest BCUT2D eigenvalue weighted by molar-refractivity contribution is -0.165. The summed E-state index contributed by atoms with van der Waals surface area (Å²) in [6.07, 6.45) is 0.627. The number of carboxylic acids is 2. The van der Waals surface area contributed by atoms with Crippen molar-refractivity contribution in [3.63, 3.8) is 0 Å². The Hall–Kier alpha value is -2.93. The van der Waals surface area contributed by atoms with Gasteiger partial charge >= 0.3 is 11.9 Å². The molecule has 0 radical (unpaired) electrons. The molecule has 9 nitrogen and oxygen atoms in total. The first-order valence-electron chi connectivity index (χ1n) is 9.72. The number of aromatic nitrogens is 1. The molecule has 160 valence electrons. The molecule has 9 heteroatoms. The van der Waals surface area contributed by atoms with E-state index in [0.29, 0.717) is 24.3 Å². The molecule has 1 aliphatic carbocycles. The number of likely N-dealkylation sites (N-methyl/N-ethyl adjacent to an activating group) is 1. The molecule has 4 rings (SSSR count). The van der Waals surface area contributed by atoms with Gasteiger partial charge in [0.05, 0.1) is 6.07 Å². The second kappa shape index (κ2) is 8.83. The van der Waals surface area contributed by atoms with Crippen LogP contribution in [0.15, 0.2) is 24.4 Å². The maximum absolute atomic E-state index is 9.77. The third-order valence-electron chi connectivity index (χ3n) is 6.00. The summed E-state index contributed by atoms with van der Waals surface area (Å²) in [5, 5.41) is 43.0. The van der Waals surface area contributed by atoms with Crippen LogP contribution in [0.3, 0.4) is 0 Å². The molecule has 0 amide bonds. The van der Waals surface area contributed by atoms with E-state index in [2.05, 4.69) is 47.4 Å². The van der Waals surface area contributed by atoms with Gasteiger partial charge in [-0.2, -0.15) is 5.26 Å². The maximum atomic E-state index is 9.77. The van der Waals surface area contributed by atoms with Crippen LogP contribution in [0.1, 0.15) is 29.9 Å². The fourth-order valence-corrected chi connectivity index (χ4v) is 4.60. The fourth-order valence-electron chi connectivity index (χ4n) is 4.60. The predicted octanol–water partition coefficient (Wildman–Crippen LogP) is 0.919. The van der Waals surface area contributed by atoms with Crippen LogP contribution in [0.4, 0.5) is 0 Å². The Bertz CT molecular complexity index is 963. The molecular weight excluding hydrogens is 390 g/mol. The molecule has 1 saturated heterocycles. The van der Waals surface area contributed by atoms with Gasteiger partial charge in [0.15, 0.2) is 12.2 Å². The molecule has 2 heterocycles. The average molecular weight is 415 g/mol. The Morgan fingerprint density at radius 2 is 1.93 bits per heavy atom. The minimum atomic E-state index is -2.27. The van der Waals surface area contributed by atoms with Crippen LogP contribution in [0.2, 0.25) is 0 Å². The third-order valence-corrected chi connectivity index (χ3v) is 6.00. The Labute approximate surface area is 173 Å². The lowest BCUT2D eigenvalue weighted by atomic mass is 9.72. The Balaban J connectivity index is 0.000000220. The average Bonchev–Trinajstić information content (AvgIpc) is 3.13. The smallest absolute Gasteiger partial charge is 0.335 e. The zero-order valence-corrected chi connectivity index (χ0v) is 16.5. The van der Waals surface area contributed by atoms with Crippen LogP contribution in [-0.2, 0) is 16.0 Å². The van der Waals surface area contributed by atoms with E-state index in [4.69, 9.17) is 25.7 Å². The van der Waals surface area contributed by atoms with Crippen molar-refractivity contribution in [1.29, 1.82) is 5.26 Å². The van der Waals surface area contributed by atoms with E-state index in [0.717, 1.165) is 19.4 Å². The van der Waals surface area contributed by atoms with Gasteiger partial charge in [-0.15, -0.1) is 0 Å². The molecule has 1 aliphatic heterocycles. The number of likely N-dealkylation sites (tertiary alicyclic amines) is 1. The summed E-state index contributed by atoms with van der Waals surface area (Å²) in [5.74, 6) is -2.44. The van der Waals surface area contributed by atoms with Gasteiger partial charge in [-0.1, -0.05) is 12.1 Å². The van der Waals surface area contributed by atoms with Crippen molar-refractivity contribution in [2.75, 3.05) is 13.6 Å². The number of carbonyl (C=O) groups is 2. The van der Waals surface area contributed by atoms with Crippen molar-refractivity contribution < 1.29 is 30.0 Å². The number of nitriles is 1. The highest BCUT2D eigenvalue weighted by atomic mass is 16.4. The van der Waals surface area contributed by atoms with Crippen LogP contribution >= 0.6 is 0 Å². The van der Waals surface area contributed by atoms with Crippen LogP contribution in [0, 0.1) is 17.2 Å². The number of H-pyrrole nitrogens is 1. The molecule has 2 aromatic rings. The topological polar surface area (TPSA) is 158 Å². The summed E-state index contributed by atoms with van der Waals surface area (Å²) in [7, 11) is 2.22. The number of fused-ring (bicyclic) bond motifs is 2. The van der Waals surface area contributed by atoms with Gasteiger partial charge in [0.2, 0.25) is 0 Å². The number of aliphatic carboxylic acids is 2. The van der Waals surface area contributed by atoms with Crippen LogP contribution in [-0.4, -0.2) is 74.1 Å². The molecule has 1 aromatic carbocycles. The number of piperidine rings is 1. The highest BCUT2D eigenvalue weighted by Gasteiger charge is 2.39. The number of carboxylic acid groups (broad SMARTS) is 2. The summed E-state index contributed by atoms with van der Waals surface area (Å²) >= 11 is 0. The molecule has 0 saturated carbocycles. The van der Waals surface area contributed by atoms with Crippen LogP contribution in [0.25, 0.3) is 10.9 Å². The molecule has 0 bridgehead atoms. The monoisotopic (exact) mass is 415 g/mol. The minimum absolute atomic E-state index is 0.516. The van der Waals surface area contributed by atoms with Gasteiger partial charge in [-0.3, -0.25) is 0 Å². The van der Waals surface area contributed by atoms with Crippen molar-refractivity contribution in [2.24, 2.45) is 5.92 Å². The molecule has 1 fully saturated rings. The summed E-state index contributed by atoms with van der Waals surface area (Å²) in [4.78, 5) is 25.4. The van der Waals surface area contributed by atoms with E-state index < -0.39 is 24.1 Å². The molecule has 0 spiro atoms. The number of aliphatic hydroxyl groups is 2. The van der Waals surface area contributed by atoms with Gasteiger partial charge in [0, 0.05) is 42.0 Å². The molecule has 30 heavy (non-hydrogen) atoms. The lowest BCUT2D eigenvalue weighted by Crippen LogP contribution is -2.47. The van der Waals surface area contributed by atoms with Crippen LogP contribution in [0.5, 0.6) is 0 Å². The van der Waals surface area contributed by atoms with Gasteiger partial charge in [-0.05, 0) is 43.0 Å². The summed E-state index contributed by atoms with van der Waals surface area (Å²) in [6.45, 7) is 1.06. The normalized spacial score (nSPS) is 24.7. The molecule has 5 N–H and O–H groups in total. The Morgan fingerprint density at radius 3 is 2.53 bits per heavy atom. The zero-order chi connectivity index (χ0) is 22.0. The second-order valence-electron chi connectivity index (χ2n) is 7.93. The van der Waals surface area contributed by atoms with Crippen molar-refractivity contribution in [3.8, 4) is 6.07 Å². The number of nitrogens with one attached hydrogen (secondary N) is 1. The van der Waals surface area contributed by atoms with E-state index >= 15 is 0 Å². The van der Waals surface area contributed by atoms with Gasteiger partial charge in [-0.25, -0.2) is 9.59 Å². The van der Waals surface area contributed by atoms with E-state index in [1.54, 1.807) is 0 Å². The summed E-state index contributed by atoms with van der Waals surface area (Å²) < 4.78 is 0. The Kier molecular flexibility index (Phi) is 6.41. The lowest BCUT2D eigenvalue weighted by Gasteiger charge is -2.45. The van der Waals surface area contributed by atoms with Crippen molar-refractivity contribution in [1.82, 2.24) is 9.88 Å². The van der Waals surface area contributed by atoms with E-state index in [1.807, 2.05) is 0 Å². The number of aromatic amines is 1. The Morgan fingerprint density at radius 1 is 1.27 bits per heavy atom. The predicted molar refractivity (Wildman–Crippen MR) is 107 cm³/mol. The molecular formula is C21H25N3O6. The van der Waals surface area contributed by atoms with Crippen molar-refractivity contribution >= 4 is 22.8 Å². The second-order valence-corrected chi connectivity index (χ2v) is 7.93. The van der Waals surface area contributed by atoms with E-state index in [1.165, 1.54) is 22.0 Å². The largest absolute Gasteiger partial charge is 0.479 e. The van der Waals surface area contributed by atoms with E-state index in [9.17, 15) is 9.59 Å². The number of hydrogen-bond acceptors (Lipinski definition) is 6. The van der Waals surface area contributed by atoms with Gasteiger partial charge < -0.3 is 30.3 Å². The minimum Gasteiger partial charge on any atom is -0.479 e. The summed E-state index contributed by atoms with van der Waals surface area (Å²) in [6, 6.07) is 9.58. The number of aliphatic hydroxyl groups excluding tert-OH is 2. The van der Waals surface area contributed by atoms with Crippen molar-refractivity contribution in [3.05, 3.63) is 35.5 Å². The summed E-state index contributed by atoms with van der Waals surface area (Å²) in [5.41, 5.74) is 4.22. The van der Waals surface area contributed by atoms with Gasteiger partial charge in [0.25, 0.3) is 0 Å². The first-order chi connectivity index (χ1) is 14.2. The number of rotatable bonds is 4. The standard InChI is InChI=1S/C17H19N3.C4H6O6/c1-20-10-11(5-6-18)7-14-13-3-2-4-15-17(13)12(9-19-15)8-16(14)20;5-1(3(7)8)2(6)4(9)10/h2-4,9,11,14,16,19H,5,7-8,10H2,1H3;1-2,5-6H,(H,7,8)(H,9,10)/t11-,14?,16?;1-,2+/m1./s1. The highest BCUT2D eigenvalue weighted by molar-refractivity contribution is 5.88. The molecule has 2 aliphatic rings. The first-order valence-corrected chi connectivity index (χ1v) is 9.72. The van der Waals surface area contributed by atoms with Gasteiger partial charge in [0.1, 0.15) is 0 Å². The van der Waals surface area contributed by atoms with Crippen LogP contribution < -0.4 is 0 Å². The van der Waals surface area contributed by atoms with E-state index in [-0.39, 0.29) is 0 Å². The number of nitrogens with zero attached hydrogens (tertiary/aromatic N) is 2. The molecule has 5 atom stereocenters. The third kappa shape index (κ3) is 4.16. The zero-order valence-electron chi connectivity index (χ0n) is 16.5. The SMILES string of the molecule is CN1C[C@H](CC#N)CC2c3cccc4[nH]cc(c34)CC21.O=C(O)[C@@H](O)[C@@H](O)C(=O)O.